The molecule has 1 rings (SSSR count). The van der Waals surface area contributed by atoms with Crippen molar-refractivity contribution in [2.45, 2.75) is 19.8 Å². The molecule has 3 nitrogen and oxygen atoms in total. The van der Waals surface area contributed by atoms with Crippen LogP contribution in [0.5, 0.6) is 5.75 Å². The van der Waals surface area contributed by atoms with Crippen LogP contribution in [-0.4, -0.2) is 18.2 Å². The minimum Gasteiger partial charge on any atom is -0.496 e. The predicted molar refractivity (Wildman–Crippen MR) is 61.5 cm³/mol. The first-order chi connectivity index (χ1) is 6.97. The molecule has 4 heteroatoms. The Morgan fingerprint density at radius 1 is 1.53 bits per heavy atom. The first kappa shape index (κ1) is 12.0. The van der Waals surface area contributed by atoms with Crippen molar-refractivity contribution in [2.75, 3.05) is 7.11 Å². The van der Waals surface area contributed by atoms with Crippen LogP contribution in [0.4, 0.5) is 0 Å². The van der Waals surface area contributed by atoms with Crippen molar-refractivity contribution in [1.29, 1.82) is 0 Å². The molecule has 0 aliphatic rings. The summed E-state index contributed by atoms with van der Waals surface area (Å²) in [5.74, 6) is -0.696. The lowest BCUT2D eigenvalue weighted by molar-refractivity contribution is -0.138. The molecule has 0 aliphatic carbocycles. The Morgan fingerprint density at radius 3 is 2.60 bits per heavy atom. The van der Waals surface area contributed by atoms with E-state index in [-0.39, 0.29) is 0 Å². The zero-order valence-electron chi connectivity index (χ0n) is 8.87. The molecule has 15 heavy (non-hydrogen) atoms. The van der Waals surface area contributed by atoms with Crippen molar-refractivity contribution < 1.29 is 14.6 Å². The summed E-state index contributed by atoms with van der Waals surface area (Å²) in [6.45, 7) is 3.55. The second kappa shape index (κ2) is 4.66. The maximum atomic E-state index is 10.9. The summed E-state index contributed by atoms with van der Waals surface area (Å²) in [7, 11) is 1.56. The highest BCUT2D eigenvalue weighted by molar-refractivity contribution is 9.10. The molecule has 0 amide bonds. The fourth-order valence-electron chi connectivity index (χ4n) is 1.42. The molecule has 0 aromatic heterocycles. The molecule has 0 heterocycles. The van der Waals surface area contributed by atoms with E-state index in [1.807, 2.05) is 13.0 Å². The summed E-state index contributed by atoms with van der Waals surface area (Å²) in [6, 6.07) is 3.63. The highest BCUT2D eigenvalue weighted by Crippen LogP contribution is 2.31. The van der Waals surface area contributed by atoms with Crippen LogP contribution in [0.2, 0.25) is 0 Å². The third kappa shape index (κ3) is 2.50. The number of aryl methyl sites for hydroxylation is 1. The smallest absolute Gasteiger partial charge is 0.310 e. The molecule has 0 aliphatic heterocycles. The fourth-order valence-corrected chi connectivity index (χ4v) is 2.04. The molecule has 0 saturated heterocycles. The SMILES string of the molecule is COc1cc(C(C)C(=O)O)c(C)cc1Br. The fraction of sp³-hybridized carbons (Fsp3) is 0.364. The first-order valence-corrected chi connectivity index (χ1v) is 5.33. The van der Waals surface area contributed by atoms with Crippen molar-refractivity contribution in [3.63, 3.8) is 0 Å². The van der Waals surface area contributed by atoms with Crippen LogP contribution < -0.4 is 4.74 Å². The van der Waals surface area contributed by atoms with Crippen molar-refractivity contribution in [3.05, 3.63) is 27.7 Å². The predicted octanol–water partition coefficient (Wildman–Crippen LogP) is 2.95. The molecule has 1 aromatic rings. The maximum absolute atomic E-state index is 10.9. The van der Waals surface area contributed by atoms with Crippen LogP contribution in [0, 0.1) is 6.92 Å². The summed E-state index contributed by atoms with van der Waals surface area (Å²) in [5, 5.41) is 8.94. The molecule has 0 spiro atoms. The van der Waals surface area contributed by atoms with Crippen LogP contribution in [0.15, 0.2) is 16.6 Å². The molecular weight excluding hydrogens is 260 g/mol. The van der Waals surface area contributed by atoms with E-state index in [1.54, 1.807) is 20.1 Å². The Kier molecular flexibility index (Phi) is 3.74. The zero-order chi connectivity index (χ0) is 11.6. The lowest BCUT2D eigenvalue weighted by Crippen LogP contribution is -2.09. The normalized spacial score (nSPS) is 12.3. The second-order valence-electron chi connectivity index (χ2n) is 3.40. The van der Waals surface area contributed by atoms with Gasteiger partial charge in [0.05, 0.1) is 17.5 Å². The Labute approximate surface area is 97.2 Å². The van der Waals surface area contributed by atoms with Gasteiger partial charge in [0, 0.05) is 0 Å². The Hall–Kier alpha value is -1.03. The van der Waals surface area contributed by atoms with Gasteiger partial charge in [-0.25, -0.2) is 0 Å². The number of carboxylic acid groups (broad SMARTS) is 1. The number of rotatable bonds is 3. The van der Waals surface area contributed by atoms with Gasteiger partial charge in [0.15, 0.2) is 0 Å². The van der Waals surface area contributed by atoms with Gasteiger partial charge in [0.1, 0.15) is 5.75 Å². The number of halogens is 1. The molecule has 0 saturated carbocycles. The maximum Gasteiger partial charge on any atom is 0.310 e. The van der Waals surface area contributed by atoms with Crippen molar-refractivity contribution in [2.24, 2.45) is 0 Å². The molecule has 0 fully saturated rings. The summed E-state index contributed by atoms with van der Waals surface area (Å²) < 4.78 is 5.97. The van der Waals surface area contributed by atoms with Crippen LogP contribution in [0.1, 0.15) is 24.0 Å². The standard InChI is InChI=1S/C11H13BrO3/c1-6-4-9(12)10(15-3)5-8(6)7(2)11(13)14/h4-5,7H,1-3H3,(H,13,14). The number of methoxy groups -OCH3 is 1. The number of hydrogen-bond donors (Lipinski definition) is 1. The van der Waals surface area contributed by atoms with Gasteiger partial charge in [-0.15, -0.1) is 0 Å². The largest absolute Gasteiger partial charge is 0.496 e. The summed E-state index contributed by atoms with van der Waals surface area (Å²) in [6.07, 6.45) is 0. The van der Waals surface area contributed by atoms with Crippen LogP contribution in [-0.2, 0) is 4.79 Å². The second-order valence-corrected chi connectivity index (χ2v) is 4.26. The molecule has 1 N–H and O–H groups in total. The lowest BCUT2D eigenvalue weighted by Gasteiger charge is -2.13. The van der Waals surface area contributed by atoms with Crippen LogP contribution in [0.3, 0.4) is 0 Å². The van der Waals surface area contributed by atoms with E-state index in [2.05, 4.69) is 15.9 Å². The minimum atomic E-state index is -0.831. The van der Waals surface area contributed by atoms with Crippen LogP contribution >= 0.6 is 15.9 Å². The molecular formula is C11H13BrO3. The number of hydrogen-bond acceptors (Lipinski definition) is 2. The van der Waals surface area contributed by atoms with E-state index >= 15 is 0 Å². The molecule has 0 bridgehead atoms. The third-order valence-corrected chi connectivity index (χ3v) is 3.00. The lowest BCUT2D eigenvalue weighted by atomic mass is 9.96. The number of carbonyl (C=O) groups is 1. The van der Waals surface area contributed by atoms with Gasteiger partial charge in [-0.1, -0.05) is 0 Å². The average molecular weight is 273 g/mol. The van der Waals surface area contributed by atoms with Gasteiger partial charge < -0.3 is 9.84 Å². The minimum absolute atomic E-state index is 0.521. The monoisotopic (exact) mass is 272 g/mol. The van der Waals surface area contributed by atoms with Gasteiger partial charge >= 0.3 is 5.97 Å². The van der Waals surface area contributed by atoms with Crippen LogP contribution in [0.25, 0.3) is 0 Å². The molecule has 1 atom stereocenters. The van der Waals surface area contributed by atoms with Gasteiger partial charge in [0.2, 0.25) is 0 Å². The molecule has 82 valence electrons. The summed E-state index contributed by atoms with van der Waals surface area (Å²) >= 11 is 3.36. The topological polar surface area (TPSA) is 46.5 Å². The zero-order valence-corrected chi connectivity index (χ0v) is 10.5. The third-order valence-electron chi connectivity index (χ3n) is 2.38. The molecule has 0 radical (unpaired) electrons. The summed E-state index contributed by atoms with van der Waals surface area (Å²) in [5.41, 5.74) is 1.72. The van der Waals surface area contributed by atoms with Crippen molar-refractivity contribution in [1.82, 2.24) is 0 Å². The highest BCUT2D eigenvalue weighted by atomic mass is 79.9. The van der Waals surface area contributed by atoms with E-state index in [1.165, 1.54) is 0 Å². The van der Waals surface area contributed by atoms with E-state index in [0.717, 1.165) is 15.6 Å². The van der Waals surface area contributed by atoms with E-state index in [9.17, 15) is 4.79 Å². The molecule has 1 aromatic carbocycles. The van der Waals surface area contributed by atoms with E-state index < -0.39 is 11.9 Å². The summed E-state index contributed by atoms with van der Waals surface area (Å²) in [4.78, 5) is 10.9. The Morgan fingerprint density at radius 2 is 2.13 bits per heavy atom. The van der Waals surface area contributed by atoms with Crippen molar-refractivity contribution >= 4 is 21.9 Å². The van der Waals surface area contributed by atoms with Gasteiger partial charge in [-0.3, -0.25) is 4.79 Å². The first-order valence-electron chi connectivity index (χ1n) is 4.54. The quantitative estimate of drug-likeness (QED) is 0.920. The van der Waals surface area contributed by atoms with Crippen molar-refractivity contribution in [3.8, 4) is 5.75 Å². The molecule has 1 unspecified atom stereocenters. The Bertz CT molecular complexity index is 388. The van der Waals surface area contributed by atoms with E-state index in [0.29, 0.717) is 5.75 Å². The van der Waals surface area contributed by atoms with Gasteiger partial charge in [-0.05, 0) is 53.0 Å². The number of carboxylic acids is 1. The highest BCUT2D eigenvalue weighted by Gasteiger charge is 2.17. The number of aliphatic carboxylic acids is 1. The van der Waals surface area contributed by atoms with Gasteiger partial charge in [-0.2, -0.15) is 0 Å². The van der Waals surface area contributed by atoms with E-state index in [4.69, 9.17) is 9.84 Å². The number of benzene rings is 1. The average Bonchev–Trinajstić information content (AvgIpc) is 2.17. The number of ether oxygens (including phenoxy) is 1. The Balaban J connectivity index is 3.24. The van der Waals surface area contributed by atoms with Gasteiger partial charge in [0.25, 0.3) is 0 Å².